The van der Waals surface area contributed by atoms with Gasteiger partial charge in [-0.2, -0.15) is 4.99 Å². The van der Waals surface area contributed by atoms with Crippen LogP contribution >= 0.6 is 15.9 Å². The Balaban J connectivity index is 2.95. The molecule has 0 spiro atoms. The van der Waals surface area contributed by atoms with Crippen LogP contribution in [0.2, 0.25) is 0 Å². The van der Waals surface area contributed by atoms with Crippen molar-refractivity contribution < 1.29 is 4.79 Å². The molecule has 0 saturated carbocycles. The Morgan fingerprint density at radius 1 is 1.40 bits per heavy atom. The average molecular weight is 203 g/mol. The van der Waals surface area contributed by atoms with Gasteiger partial charge in [-0.15, -0.1) is 0 Å². The Labute approximate surface area is 67.4 Å². The lowest BCUT2D eigenvalue weighted by atomic mass is 10.2. The first kappa shape index (κ1) is 7.60. The summed E-state index contributed by atoms with van der Waals surface area (Å²) in [6.45, 7) is 3.51. The van der Waals surface area contributed by atoms with Crippen molar-refractivity contribution in [2.24, 2.45) is 9.98 Å². The fourth-order valence-electron chi connectivity index (χ4n) is 0.732. The number of rotatable bonds is 0. The molecular weight excluding hydrogens is 196 g/mol. The molecule has 10 heavy (non-hydrogen) atoms. The summed E-state index contributed by atoms with van der Waals surface area (Å²) in [6.07, 6.45) is 0. The lowest BCUT2D eigenvalue weighted by molar-refractivity contribution is -0.116. The highest BCUT2D eigenvalue weighted by Crippen LogP contribution is 2.09. The first-order chi connectivity index (χ1) is 4.61. The summed E-state index contributed by atoms with van der Waals surface area (Å²) in [6, 6.07) is 0. The number of hydrogen-bond donors (Lipinski definition) is 0. The SMILES string of the molecule is CC1=NC(=O)C(Br)C(C)=N1. The van der Waals surface area contributed by atoms with Gasteiger partial charge in [-0.05, 0) is 13.8 Å². The van der Waals surface area contributed by atoms with Crippen LogP contribution < -0.4 is 0 Å². The molecule has 54 valence electrons. The maximum Gasteiger partial charge on any atom is 0.266 e. The predicted molar refractivity (Wildman–Crippen MR) is 43.9 cm³/mol. The van der Waals surface area contributed by atoms with E-state index in [1.165, 1.54) is 0 Å². The highest BCUT2D eigenvalue weighted by molar-refractivity contribution is 9.10. The molecule has 1 rings (SSSR count). The molecule has 0 aromatic carbocycles. The molecule has 1 unspecified atom stereocenters. The molecule has 1 aliphatic heterocycles. The number of halogens is 1. The van der Waals surface area contributed by atoms with Crippen molar-refractivity contribution in [3.05, 3.63) is 0 Å². The Bertz CT molecular complexity index is 232. The number of nitrogens with zero attached hydrogens (tertiary/aromatic N) is 2. The molecule has 3 nitrogen and oxygen atoms in total. The van der Waals surface area contributed by atoms with Crippen LogP contribution in [0.15, 0.2) is 9.98 Å². The van der Waals surface area contributed by atoms with E-state index in [4.69, 9.17) is 0 Å². The van der Waals surface area contributed by atoms with Crippen LogP contribution in [-0.2, 0) is 4.79 Å². The lowest BCUT2D eigenvalue weighted by Crippen LogP contribution is -2.25. The molecule has 1 heterocycles. The Hall–Kier alpha value is -0.510. The van der Waals surface area contributed by atoms with E-state index in [1.807, 2.05) is 0 Å². The fourth-order valence-corrected chi connectivity index (χ4v) is 0.936. The minimum absolute atomic E-state index is 0.162. The second-order valence-electron chi connectivity index (χ2n) is 2.11. The summed E-state index contributed by atoms with van der Waals surface area (Å²) >= 11 is 3.16. The molecule has 4 heteroatoms. The Kier molecular flexibility index (Phi) is 1.99. The van der Waals surface area contributed by atoms with Gasteiger partial charge in [0.05, 0.1) is 0 Å². The van der Waals surface area contributed by atoms with Gasteiger partial charge in [-0.3, -0.25) is 4.79 Å². The van der Waals surface area contributed by atoms with Gasteiger partial charge in [0.1, 0.15) is 10.7 Å². The maximum atomic E-state index is 10.9. The van der Waals surface area contributed by atoms with Gasteiger partial charge >= 0.3 is 0 Å². The highest BCUT2D eigenvalue weighted by Gasteiger charge is 2.20. The fraction of sp³-hybridized carbons (Fsp3) is 0.500. The molecule has 0 radical (unpaired) electrons. The number of amides is 1. The van der Waals surface area contributed by atoms with Crippen molar-refractivity contribution in [3.63, 3.8) is 0 Å². The molecule has 1 aliphatic rings. The number of amidine groups is 1. The van der Waals surface area contributed by atoms with Crippen LogP contribution in [0.1, 0.15) is 13.8 Å². The molecule has 0 fully saturated rings. The molecule has 1 atom stereocenters. The monoisotopic (exact) mass is 202 g/mol. The number of carbonyl (C=O) groups is 1. The molecule has 0 N–H and O–H groups in total. The van der Waals surface area contributed by atoms with E-state index in [0.717, 1.165) is 5.71 Å². The van der Waals surface area contributed by atoms with E-state index >= 15 is 0 Å². The van der Waals surface area contributed by atoms with Gasteiger partial charge in [0, 0.05) is 5.71 Å². The smallest absolute Gasteiger partial charge is 0.266 e. The van der Waals surface area contributed by atoms with Gasteiger partial charge in [0.2, 0.25) is 0 Å². The number of aliphatic imine (C=N–C) groups is 2. The van der Waals surface area contributed by atoms with Crippen LogP contribution in [0.5, 0.6) is 0 Å². The molecule has 0 saturated heterocycles. The maximum absolute atomic E-state index is 10.9. The third-order valence-electron chi connectivity index (χ3n) is 1.19. The first-order valence-electron chi connectivity index (χ1n) is 2.89. The minimum atomic E-state index is -0.309. The van der Waals surface area contributed by atoms with Gasteiger partial charge in [0.15, 0.2) is 0 Å². The van der Waals surface area contributed by atoms with Gasteiger partial charge < -0.3 is 0 Å². The predicted octanol–water partition coefficient (Wildman–Crippen LogP) is 1.17. The summed E-state index contributed by atoms with van der Waals surface area (Å²) in [4.78, 5) is 18.3. The van der Waals surface area contributed by atoms with Crippen molar-refractivity contribution >= 4 is 33.4 Å². The summed E-state index contributed by atoms with van der Waals surface area (Å²) in [5.74, 6) is 0.378. The second-order valence-corrected chi connectivity index (χ2v) is 3.03. The summed E-state index contributed by atoms with van der Waals surface area (Å²) in [5.41, 5.74) is 0.775. The number of carbonyl (C=O) groups excluding carboxylic acids is 1. The van der Waals surface area contributed by atoms with Crippen molar-refractivity contribution in [2.75, 3.05) is 0 Å². The topological polar surface area (TPSA) is 41.8 Å². The highest BCUT2D eigenvalue weighted by atomic mass is 79.9. The molecule has 0 aliphatic carbocycles. The zero-order chi connectivity index (χ0) is 7.72. The largest absolute Gasteiger partial charge is 0.271 e. The molecule has 0 aromatic rings. The Morgan fingerprint density at radius 3 is 2.50 bits per heavy atom. The van der Waals surface area contributed by atoms with E-state index in [-0.39, 0.29) is 10.7 Å². The van der Waals surface area contributed by atoms with Crippen LogP contribution in [0.25, 0.3) is 0 Å². The van der Waals surface area contributed by atoms with Gasteiger partial charge in [0.25, 0.3) is 5.91 Å². The van der Waals surface area contributed by atoms with Gasteiger partial charge in [-0.1, -0.05) is 15.9 Å². The van der Waals surface area contributed by atoms with Crippen LogP contribution in [0.3, 0.4) is 0 Å². The molecular formula is C6H7BrN2O. The number of alkyl halides is 1. The molecule has 0 bridgehead atoms. The standard InChI is InChI=1S/C6H7BrN2O/c1-3-5(7)6(10)9-4(2)8-3/h5H,1-2H3. The van der Waals surface area contributed by atoms with Crippen LogP contribution in [-0.4, -0.2) is 22.3 Å². The number of hydrogen-bond acceptors (Lipinski definition) is 2. The van der Waals surface area contributed by atoms with Crippen molar-refractivity contribution in [1.82, 2.24) is 0 Å². The summed E-state index contributed by atoms with van der Waals surface area (Å²) in [5, 5.41) is 0. The van der Waals surface area contributed by atoms with Crippen molar-refractivity contribution in [2.45, 2.75) is 18.7 Å². The molecule has 1 amide bonds. The lowest BCUT2D eigenvalue weighted by Gasteiger charge is -2.09. The van der Waals surface area contributed by atoms with E-state index in [2.05, 4.69) is 25.9 Å². The molecule has 0 aromatic heterocycles. The van der Waals surface area contributed by atoms with Crippen molar-refractivity contribution in [1.29, 1.82) is 0 Å². The van der Waals surface area contributed by atoms with E-state index < -0.39 is 0 Å². The minimum Gasteiger partial charge on any atom is -0.271 e. The zero-order valence-electron chi connectivity index (χ0n) is 5.76. The Morgan fingerprint density at radius 2 is 2.00 bits per heavy atom. The van der Waals surface area contributed by atoms with E-state index in [1.54, 1.807) is 13.8 Å². The van der Waals surface area contributed by atoms with Crippen LogP contribution in [0.4, 0.5) is 0 Å². The third-order valence-corrected chi connectivity index (χ3v) is 2.25. The van der Waals surface area contributed by atoms with Gasteiger partial charge in [-0.25, -0.2) is 4.99 Å². The summed E-state index contributed by atoms with van der Waals surface area (Å²) in [7, 11) is 0. The van der Waals surface area contributed by atoms with Crippen molar-refractivity contribution in [3.8, 4) is 0 Å². The second kappa shape index (κ2) is 2.62. The third kappa shape index (κ3) is 1.31. The first-order valence-corrected chi connectivity index (χ1v) is 3.81. The summed E-state index contributed by atoms with van der Waals surface area (Å²) < 4.78 is 0. The quantitative estimate of drug-likeness (QED) is 0.545. The van der Waals surface area contributed by atoms with E-state index in [9.17, 15) is 4.79 Å². The normalized spacial score (nSPS) is 25.9. The van der Waals surface area contributed by atoms with E-state index in [0.29, 0.717) is 5.84 Å². The zero-order valence-corrected chi connectivity index (χ0v) is 7.34. The average Bonchev–Trinajstić information content (AvgIpc) is 1.82. The van der Waals surface area contributed by atoms with Crippen LogP contribution in [0, 0.1) is 0 Å².